The summed E-state index contributed by atoms with van der Waals surface area (Å²) in [5, 5.41) is 2.74. The molecule has 2 aromatic carbocycles. The van der Waals surface area contributed by atoms with Gasteiger partial charge in [0, 0.05) is 6.07 Å². The number of amides is 1. The summed E-state index contributed by atoms with van der Waals surface area (Å²) in [6, 6.07) is 11.0. The molecular formula is C18H20FNO4. The van der Waals surface area contributed by atoms with Gasteiger partial charge >= 0.3 is 0 Å². The molecule has 1 atom stereocenters. The second-order valence-corrected chi connectivity index (χ2v) is 5.00. The molecule has 1 unspecified atom stereocenters. The van der Waals surface area contributed by atoms with Crippen LogP contribution >= 0.6 is 0 Å². The van der Waals surface area contributed by atoms with Crippen LogP contribution in [0.4, 0.5) is 10.1 Å². The van der Waals surface area contributed by atoms with Crippen LogP contribution in [0.3, 0.4) is 0 Å². The molecule has 128 valence electrons. The molecule has 0 fully saturated rings. The van der Waals surface area contributed by atoms with Crippen LogP contribution in [0.25, 0.3) is 0 Å². The summed E-state index contributed by atoms with van der Waals surface area (Å²) in [6.45, 7) is 1.79. The lowest BCUT2D eigenvalue weighted by atomic mass is 10.2. The van der Waals surface area contributed by atoms with Crippen molar-refractivity contribution in [3.05, 3.63) is 48.3 Å². The first-order valence-corrected chi connectivity index (χ1v) is 7.53. The Hall–Kier alpha value is -2.76. The SMILES string of the molecule is CCC(Oc1ccccc1F)C(=O)Nc1ccc(OC)cc1OC. The molecule has 2 aromatic rings. The summed E-state index contributed by atoms with van der Waals surface area (Å²) in [5.41, 5.74) is 0.485. The average molecular weight is 333 g/mol. The average Bonchev–Trinajstić information content (AvgIpc) is 2.61. The van der Waals surface area contributed by atoms with E-state index in [4.69, 9.17) is 14.2 Å². The van der Waals surface area contributed by atoms with Gasteiger partial charge in [-0.3, -0.25) is 4.79 Å². The van der Waals surface area contributed by atoms with E-state index in [1.807, 2.05) is 0 Å². The van der Waals surface area contributed by atoms with E-state index in [-0.39, 0.29) is 11.7 Å². The van der Waals surface area contributed by atoms with Gasteiger partial charge in [0.25, 0.3) is 5.91 Å². The van der Waals surface area contributed by atoms with E-state index in [1.165, 1.54) is 19.2 Å². The van der Waals surface area contributed by atoms with Gasteiger partial charge in [0.2, 0.25) is 0 Å². The molecule has 1 N–H and O–H groups in total. The van der Waals surface area contributed by atoms with Crippen LogP contribution in [0.2, 0.25) is 0 Å². The molecule has 5 nitrogen and oxygen atoms in total. The molecule has 0 heterocycles. The molecule has 0 aromatic heterocycles. The first kappa shape index (κ1) is 17.6. The van der Waals surface area contributed by atoms with E-state index < -0.39 is 11.9 Å². The van der Waals surface area contributed by atoms with Gasteiger partial charge in [0.15, 0.2) is 17.7 Å². The Labute approximate surface area is 140 Å². The number of halogens is 1. The number of anilines is 1. The molecule has 0 bridgehead atoms. The maximum absolute atomic E-state index is 13.7. The van der Waals surface area contributed by atoms with Crippen LogP contribution in [0.15, 0.2) is 42.5 Å². The lowest BCUT2D eigenvalue weighted by Gasteiger charge is -2.18. The third-order valence-corrected chi connectivity index (χ3v) is 3.44. The number of rotatable bonds is 7. The fourth-order valence-corrected chi connectivity index (χ4v) is 2.13. The lowest BCUT2D eigenvalue weighted by Crippen LogP contribution is -2.32. The van der Waals surface area contributed by atoms with Gasteiger partial charge < -0.3 is 19.5 Å². The van der Waals surface area contributed by atoms with Crippen LogP contribution < -0.4 is 19.5 Å². The first-order chi connectivity index (χ1) is 11.6. The van der Waals surface area contributed by atoms with Crippen molar-refractivity contribution in [2.24, 2.45) is 0 Å². The Kier molecular flexibility index (Phi) is 6.01. The molecule has 0 radical (unpaired) electrons. The highest BCUT2D eigenvalue weighted by Crippen LogP contribution is 2.29. The predicted molar refractivity (Wildman–Crippen MR) is 89.3 cm³/mol. The van der Waals surface area contributed by atoms with Gasteiger partial charge in [0.05, 0.1) is 19.9 Å². The summed E-state index contributed by atoms with van der Waals surface area (Å²) in [4.78, 5) is 12.4. The summed E-state index contributed by atoms with van der Waals surface area (Å²) in [6.07, 6.45) is -0.438. The number of hydrogen-bond donors (Lipinski definition) is 1. The second-order valence-electron chi connectivity index (χ2n) is 5.00. The van der Waals surface area contributed by atoms with Gasteiger partial charge in [-0.1, -0.05) is 19.1 Å². The number of para-hydroxylation sites is 1. The third kappa shape index (κ3) is 4.16. The molecule has 6 heteroatoms. The molecule has 0 saturated heterocycles. The van der Waals surface area contributed by atoms with Crippen LogP contribution in [-0.4, -0.2) is 26.2 Å². The second kappa shape index (κ2) is 8.19. The van der Waals surface area contributed by atoms with E-state index >= 15 is 0 Å². The number of ether oxygens (including phenoxy) is 3. The molecular weight excluding hydrogens is 313 g/mol. The fraction of sp³-hybridized carbons (Fsp3) is 0.278. The zero-order valence-corrected chi connectivity index (χ0v) is 13.8. The van der Waals surface area contributed by atoms with Crippen molar-refractivity contribution in [2.75, 3.05) is 19.5 Å². The largest absolute Gasteiger partial charge is 0.497 e. The molecule has 0 saturated carbocycles. The number of hydrogen-bond acceptors (Lipinski definition) is 4. The Morgan fingerprint density at radius 2 is 1.88 bits per heavy atom. The van der Waals surface area contributed by atoms with Crippen LogP contribution in [-0.2, 0) is 4.79 Å². The van der Waals surface area contributed by atoms with Crippen molar-refractivity contribution >= 4 is 11.6 Å². The molecule has 0 aliphatic heterocycles. The van der Waals surface area contributed by atoms with Gasteiger partial charge in [-0.15, -0.1) is 0 Å². The van der Waals surface area contributed by atoms with Crippen molar-refractivity contribution in [2.45, 2.75) is 19.4 Å². The zero-order chi connectivity index (χ0) is 17.5. The number of carbonyl (C=O) groups excluding carboxylic acids is 1. The minimum absolute atomic E-state index is 0.0428. The standard InChI is InChI=1S/C18H20FNO4/c1-4-15(24-16-8-6-5-7-13(16)19)18(21)20-14-10-9-12(22-2)11-17(14)23-3/h5-11,15H,4H2,1-3H3,(H,20,21). The highest BCUT2D eigenvalue weighted by Gasteiger charge is 2.21. The van der Waals surface area contributed by atoms with Gasteiger partial charge in [-0.2, -0.15) is 0 Å². The fourth-order valence-electron chi connectivity index (χ4n) is 2.13. The Morgan fingerprint density at radius 3 is 2.50 bits per heavy atom. The highest BCUT2D eigenvalue weighted by atomic mass is 19.1. The Bertz CT molecular complexity index is 705. The monoisotopic (exact) mass is 333 g/mol. The van der Waals surface area contributed by atoms with Crippen molar-refractivity contribution in [3.8, 4) is 17.2 Å². The maximum atomic E-state index is 13.7. The van der Waals surface area contributed by atoms with E-state index in [9.17, 15) is 9.18 Å². The number of benzene rings is 2. The molecule has 0 aliphatic carbocycles. The summed E-state index contributed by atoms with van der Waals surface area (Å²) >= 11 is 0. The van der Waals surface area contributed by atoms with Crippen molar-refractivity contribution in [1.82, 2.24) is 0 Å². The molecule has 2 rings (SSSR count). The molecule has 0 aliphatic rings. The van der Waals surface area contributed by atoms with Crippen molar-refractivity contribution < 1.29 is 23.4 Å². The minimum atomic E-state index is -0.825. The highest BCUT2D eigenvalue weighted by molar-refractivity contribution is 5.95. The molecule has 24 heavy (non-hydrogen) atoms. The van der Waals surface area contributed by atoms with Crippen LogP contribution in [0, 0.1) is 5.82 Å². The van der Waals surface area contributed by atoms with E-state index in [1.54, 1.807) is 44.4 Å². The van der Waals surface area contributed by atoms with Crippen molar-refractivity contribution in [1.29, 1.82) is 0 Å². The van der Waals surface area contributed by atoms with Gasteiger partial charge in [-0.25, -0.2) is 4.39 Å². The van der Waals surface area contributed by atoms with Crippen LogP contribution in [0.1, 0.15) is 13.3 Å². The Morgan fingerprint density at radius 1 is 1.12 bits per heavy atom. The predicted octanol–water partition coefficient (Wildman–Crippen LogP) is 3.64. The minimum Gasteiger partial charge on any atom is -0.497 e. The lowest BCUT2D eigenvalue weighted by molar-refractivity contribution is -0.122. The van der Waals surface area contributed by atoms with E-state index in [0.717, 1.165) is 0 Å². The quantitative estimate of drug-likeness (QED) is 0.840. The summed E-state index contributed by atoms with van der Waals surface area (Å²) in [5.74, 6) is 0.221. The normalized spacial score (nSPS) is 11.5. The number of carbonyl (C=O) groups is 1. The molecule has 0 spiro atoms. The topological polar surface area (TPSA) is 56.8 Å². The summed E-state index contributed by atoms with van der Waals surface area (Å²) < 4.78 is 29.5. The van der Waals surface area contributed by atoms with Gasteiger partial charge in [-0.05, 0) is 30.7 Å². The zero-order valence-electron chi connectivity index (χ0n) is 13.8. The number of methoxy groups -OCH3 is 2. The van der Waals surface area contributed by atoms with E-state index in [2.05, 4.69) is 5.32 Å². The van der Waals surface area contributed by atoms with Crippen molar-refractivity contribution in [3.63, 3.8) is 0 Å². The summed E-state index contributed by atoms with van der Waals surface area (Å²) in [7, 11) is 3.04. The molecule has 1 amide bonds. The third-order valence-electron chi connectivity index (χ3n) is 3.44. The smallest absolute Gasteiger partial charge is 0.265 e. The Balaban J connectivity index is 2.13. The van der Waals surface area contributed by atoms with E-state index in [0.29, 0.717) is 23.6 Å². The van der Waals surface area contributed by atoms with Gasteiger partial charge in [0.1, 0.15) is 11.5 Å². The first-order valence-electron chi connectivity index (χ1n) is 7.53. The maximum Gasteiger partial charge on any atom is 0.265 e. The van der Waals surface area contributed by atoms with Crippen LogP contribution in [0.5, 0.6) is 17.2 Å². The number of nitrogens with one attached hydrogen (secondary N) is 1.